The second-order valence-electron chi connectivity index (χ2n) is 5.55. The molecule has 5 heteroatoms. The molecular formula is C20H17NO3Si. The van der Waals surface area contributed by atoms with Crippen molar-refractivity contribution in [3.8, 4) is 0 Å². The molecule has 0 fully saturated rings. The molecule has 3 aromatic carbocycles. The van der Waals surface area contributed by atoms with Crippen molar-refractivity contribution in [1.29, 1.82) is 0 Å². The minimum atomic E-state index is -0.367. The van der Waals surface area contributed by atoms with Gasteiger partial charge in [0.2, 0.25) is 9.76 Å². The molecule has 4 nitrogen and oxygen atoms in total. The van der Waals surface area contributed by atoms with Crippen molar-refractivity contribution in [3.05, 3.63) is 112 Å². The zero-order valence-electron chi connectivity index (χ0n) is 13.5. The summed E-state index contributed by atoms with van der Waals surface area (Å²) in [6.45, 7) is 0.228. The number of nitrogens with zero attached hydrogens (tertiary/aromatic N) is 1. The van der Waals surface area contributed by atoms with Gasteiger partial charge in [-0.2, -0.15) is 0 Å². The smallest absolute Gasteiger partial charge is 0.274 e. The lowest BCUT2D eigenvalue weighted by molar-refractivity contribution is -0.385. The molecule has 0 spiro atoms. The SMILES string of the molecule is O=[N+]([O-])c1ccccc1CO[Si]C(c1ccccc1)c1ccccc1. The Balaban J connectivity index is 1.75. The van der Waals surface area contributed by atoms with Gasteiger partial charge in [-0.25, -0.2) is 0 Å². The maximum Gasteiger partial charge on any atom is 0.274 e. The molecular weight excluding hydrogens is 330 g/mol. The first kappa shape index (κ1) is 17.1. The standard InChI is InChI=1S/C20H17NO3Si/c22-21(23)19-14-8-7-13-18(19)15-24-25-20(16-9-3-1-4-10-16)17-11-5-2-6-12-17/h1-14,20H,15H2. The molecule has 0 aliphatic heterocycles. The molecule has 0 atom stereocenters. The van der Waals surface area contributed by atoms with Crippen LogP contribution in [0.2, 0.25) is 0 Å². The summed E-state index contributed by atoms with van der Waals surface area (Å²) in [7, 11) is 0.171. The zero-order chi connectivity index (χ0) is 17.5. The third-order valence-corrected chi connectivity index (χ3v) is 5.10. The Morgan fingerprint density at radius 3 is 1.92 bits per heavy atom. The van der Waals surface area contributed by atoms with E-state index in [0.29, 0.717) is 5.56 Å². The molecule has 25 heavy (non-hydrogen) atoms. The second kappa shape index (κ2) is 8.37. The van der Waals surface area contributed by atoms with E-state index in [1.807, 2.05) is 36.4 Å². The van der Waals surface area contributed by atoms with Crippen LogP contribution >= 0.6 is 0 Å². The minimum absolute atomic E-state index is 0.100. The number of rotatable bonds is 7. The lowest BCUT2D eigenvalue weighted by atomic mass is 10.0. The topological polar surface area (TPSA) is 52.4 Å². The maximum absolute atomic E-state index is 11.1. The van der Waals surface area contributed by atoms with Gasteiger partial charge in [0.15, 0.2) is 0 Å². The third-order valence-electron chi connectivity index (χ3n) is 3.88. The molecule has 0 unspecified atom stereocenters. The Kier molecular flexibility index (Phi) is 5.72. The van der Waals surface area contributed by atoms with Gasteiger partial charge in [-0.3, -0.25) is 10.1 Å². The average Bonchev–Trinajstić information content (AvgIpc) is 2.67. The number of hydrogen-bond donors (Lipinski definition) is 0. The largest absolute Gasteiger partial charge is 0.412 e. The number of hydrogen-bond acceptors (Lipinski definition) is 3. The van der Waals surface area contributed by atoms with E-state index in [9.17, 15) is 10.1 Å². The van der Waals surface area contributed by atoms with E-state index in [2.05, 4.69) is 24.3 Å². The fraction of sp³-hybridized carbons (Fsp3) is 0.100. The monoisotopic (exact) mass is 347 g/mol. The lowest BCUT2D eigenvalue weighted by Gasteiger charge is -2.16. The first-order valence-electron chi connectivity index (χ1n) is 7.95. The van der Waals surface area contributed by atoms with Gasteiger partial charge in [-0.05, 0) is 17.2 Å². The Morgan fingerprint density at radius 1 is 0.840 bits per heavy atom. The van der Waals surface area contributed by atoms with Gasteiger partial charge < -0.3 is 4.43 Å². The molecule has 0 saturated heterocycles. The van der Waals surface area contributed by atoms with Crippen LogP contribution in [0, 0.1) is 10.1 Å². The maximum atomic E-state index is 11.1. The molecule has 3 aromatic rings. The van der Waals surface area contributed by atoms with E-state index < -0.39 is 0 Å². The Hall–Kier alpha value is -2.76. The predicted molar refractivity (Wildman–Crippen MR) is 98.4 cm³/mol. The third kappa shape index (κ3) is 4.41. The van der Waals surface area contributed by atoms with E-state index in [0.717, 1.165) is 0 Å². The average molecular weight is 347 g/mol. The molecule has 3 rings (SSSR count). The summed E-state index contributed by atoms with van der Waals surface area (Å²) in [5, 5.41) is 11.1. The number of benzene rings is 3. The molecule has 2 radical (unpaired) electrons. The molecule has 0 aliphatic rings. The highest BCUT2D eigenvalue weighted by atomic mass is 28.2. The van der Waals surface area contributed by atoms with Crippen LogP contribution in [0.5, 0.6) is 0 Å². The van der Waals surface area contributed by atoms with Crippen LogP contribution in [0.15, 0.2) is 84.9 Å². The molecule has 0 N–H and O–H groups in total. The highest BCUT2D eigenvalue weighted by molar-refractivity contribution is 6.31. The first-order chi connectivity index (χ1) is 12.3. The van der Waals surface area contributed by atoms with Crippen molar-refractivity contribution in [3.63, 3.8) is 0 Å². The van der Waals surface area contributed by atoms with Crippen molar-refractivity contribution in [2.24, 2.45) is 0 Å². The summed E-state index contributed by atoms with van der Waals surface area (Å²) in [5.74, 6) is 0. The molecule has 0 aliphatic carbocycles. The summed E-state index contributed by atoms with van der Waals surface area (Å²) < 4.78 is 5.90. The normalized spacial score (nSPS) is 10.8. The van der Waals surface area contributed by atoms with Crippen LogP contribution < -0.4 is 0 Å². The van der Waals surface area contributed by atoms with Gasteiger partial charge in [-0.1, -0.05) is 72.8 Å². The molecule has 0 amide bonds. The van der Waals surface area contributed by atoms with Crippen LogP contribution in [0.4, 0.5) is 5.69 Å². The Bertz CT molecular complexity index is 785. The van der Waals surface area contributed by atoms with Gasteiger partial charge in [0.05, 0.1) is 17.1 Å². The molecule has 0 bridgehead atoms. The molecule has 0 aromatic heterocycles. The lowest BCUT2D eigenvalue weighted by Crippen LogP contribution is -2.14. The van der Waals surface area contributed by atoms with E-state index in [-0.39, 0.29) is 32.5 Å². The fourth-order valence-corrected chi connectivity index (χ4v) is 3.70. The molecule has 0 heterocycles. The summed E-state index contributed by atoms with van der Waals surface area (Å²) in [6, 6.07) is 27.1. The Morgan fingerprint density at radius 2 is 1.36 bits per heavy atom. The number of para-hydroxylation sites is 1. The van der Waals surface area contributed by atoms with E-state index in [1.165, 1.54) is 17.2 Å². The van der Waals surface area contributed by atoms with Crippen LogP contribution in [0.3, 0.4) is 0 Å². The van der Waals surface area contributed by atoms with Gasteiger partial charge >= 0.3 is 0 Å². The summed E-state index contributed by atoms with van der Waals surface area (Å²) in [6.07, 6.45) is 0. The highest BCUT2D eigenvalue weighted by Gasteiger charge is 2.18. The number of nitro benzene ring substituents is 1. The molecule has 124 valence electrons. The van der Waals surface area contributed by atoms with Crippen LogP contribution in [-0.4, -0.2) is 14.7 Å². The molecule has 0 saturated carbocycles. The van der Waals surface area contributed by atoms with Crippen molar-refractivity contribution in [2.75, 3.05) is 0 Å². The fourth-order valence-electron chi connectivity index (χ4n) is 2.63. The van der Waals surface area contributed by atoms with E-state index in [4.69, 9.17) is 4.43 Å². The summed E-state index contributed by atoms with van der Waals surface area (Å²) >= 11 is 0. The second-order valence-corrected chi connectivity index (χ2v) is 6.65. The van der Waals surface area contributed by atoms with Crippen molar-refractivity contribution < 1.29 is 9.35 Å². The van der Waals surface area contributed by atoms with Crippen molar-refractivity contribution in [1.82, 2.24) is 0 Å². The Labute approximate surface area is 149 Å². The van der Waals surface area contributed by atoms with Crippen LogP contribution in [0.1, 0.15) is 22.2 Å². The quantitative estimate of drug-likeness (QED) is 0.359. The zero-order valence-corrected chi connectivity index (χ0v) is 14.5. The number of nitro groups is 1. The highest BCUT2D eigenvalue weighted by Crippen LogP contribution is 2.25. The summed E-state index contributed by atoms with van der Waals surface area (Å²) in [5.41, 5.74) is 3.16. The van der Waals surface area contributed by atoms with Crippen molar-refractivity contribution in [2.45, 2.75) is 12.1 Å². The van der Waals surface area contributed by atoms with Gasteiger partial charge in [0, 0.05) is 11.6 Å². The minimum Gasteiger partial charge on any atom is -0.412 e. The summed E-state index contributed by atoms with van der Waals surface area (Å²) in [4.78, 5) is 10.7. The van der Waals surface area contributed by atoms with E-state index in [1.54, 1.807) is 18.2 Å². The van der Waals surface area contributed by atoms with Gasteiger partial charge in [0.25, 0.3) is 5.69 Å². The predicted octanol–water partition coefficient (Wildman–Crippen LogP) is 4.52. The van der Waals surface area contributed by atoms with Gasteiger partial charge in [-0.15, -0.1) is 0 Å². The van der Waals surface area contributed by atoms with Crippen LogP contribution in [0.25, 0.3) is 0 Å². The van der Waals surface area contributed by atoms with Crippen molar-refractivity contribution >= 4 is 15.5 Å². The van der Waals surface area contributed by atoms with Crippen LogP contribution in [-0.2, 0) is 11.0 Å². The van der Waals surface area contributed by atoms with Gasteiger partial charge in [0.1, 0.15) is 0 Å². The van der Waals surface area contributed by atoms with E-state index >= 15 is 0 Å². The first-order valence-corrected chi connectivity index (χ1v) is 8.94.